The van der Waals surface area contributed by atoms with E-state index in [1.807, 2.05) is 13.8 Å². The van der Waals surface area contributed by atoms with E-state index in [1.54, 1.807) is 6.07 Å². The summed E-state index contributed by atoms with van der Waals surface area (Å²) in [6, 6.07) is 4.28. The van der Waals surface area contributed by atoms with Gasteiger partial charge in [-0.15, -0.1) is 0 Å². The van der Waals surface area contributed by atoms with Gasteiger partial charge in [-0.1, -0.05) is 13.8 Å². The fourth-order valence-electron chi connectivity index (χ4n) is 3.19. The third-order valence-electron chi connectivity index (χ3n) is 4.47. The summed E-state index contributed by atoms with van der Waals surface area (Å²) >= 11 is 0. The van der Waals surface area contributed by atoms with Gasteiger partial charge in [-0.25, -0.2) is 13.2 Å². The average molecular weight is 397 g/mol. The van der Waals surface area contributed by atoms with Crippen LogP contribution in [0.3, 0.4) is 0 Å². The van der Waals surface area contributed by atoms with Gasteiger partial charge in [-0.05, 0) is 30.5 Å². The Kier molecular flexibility index (Phi) is 5.59. The molecule has 0 bridgehead atoms. The molecule has 0 aliphatic carbocycles. The first-order valence-electron chi connectivity index (χ1n) is 8.82. The Balaban J connectivity index is 1.62. The molecule has 0 saturated carbocycles. The molecule has 1 fully saturated rings. The van der Waals surface area contributed by atoms with Crippen LogP contribution in [0.15, 0.2) is 18.2 Å². The molecule has 0 radical (unpaired) electrons. The molecule has 1 aromatic rings. The van der Waals surface area contributed by atoms with E-state index in [1.165, 1.54) is 17.0 Å². The summed E-state index contributed by atoms with van der Waals surface area (Å²) < 4.78 is 39.1. The lowest BCUT2D eigenvalue weighted by Crippen LogP contribution is -2.45. The van der Waals surface area contributed by atoms with Crippen LogP contribution in [0.25, 0.3) is 0 Å². The van der Waals surface area contributed by atoms with Gasteiger partial charge in [0, 0.05) is 12.6 Å². The monoisotopic (exact) mass is 397 g/mol. The Morgan fingerprint density at radius 3 is 2.67 bits per heavy atom. The summed E-state index contributed by atoms with van der Waals surface area (Å²) in [5.74, 6) is 0.173. The number of amides is 1. The van der Waals surface area contributed by atoms with E-state index in [4.69, 9.17) is 14.2 Å². The van der Waals surface area contributed by atoms with Crippen LogP contribution >= 0.6 is 0 Å². The minimum absolute atomic E-state index is 0.0401. The molecule has 0 unspecified atom stereocenters. The van der Waals surface area contributed by atoms with Crippen molar-refractivity contribution in [3.05, 3.63) is 23.8 Å². The first-order valence-corrected chi connectivity index (χ1v) is 10.6. The lowest BCUT2D eigenvalue weighted by Gasteiger charge is -2.29. The van der Waals surface area contributed by atoms with Crippen molar-refractivity contribution >= 4 is 21.7 Å². The van der Waals surface area contributed by atoms with Crippen molar-refractivity contribution in [3.63, 3.8) is 0 Å². The lowest BCUT2D eigenvalue weighted by molar-refractivity contribution is -0.137. The molecule has 3 rings (SSSR count). The zero-order chi connectivity index (χ0) is 19.6. The number of rotatable bonds is 6. The molecule has 2 aliphatic heterocycles. The van der Waals surface area contributed by atoms with Crippen LogP contribution in [0, 0.1) is 5.92 Å². The maximum Gasteiger partial charge on any atom is 0.338 e. The van der Waals surface area contributed by atoms with E-state index in [0.717, 1.165) is 0 Å². The summed E-state index contributed by atoms with van der Waals surface area (Å²) in [4.78, 5) is 26.4. The summed E-state index contributed by atoms with van der Waals surface area (Å²) in [7, 11) is -3.12. The molecule has 1 amide bonds. The van der Waals surface area contributed by atoms with Crippen molar-refractivity contribution in [2.45, 2.75) is 26.3 Å². The van der Waals surface area contributed by atoms with E-state index < -0.39 is 22.4 Å². The SMILES string of the molecule is CC(C)CN(C(=O)COC(=O)c1ccc2c(c1)OCO2)[C@@H]1CCS(=O)(=O)C1. The highest BCUT2D eigenvalue weighted by Crippen LogP contribution is 2.32. The molecule has 1 aromatic carbocycles. The molecule has 1 saturated heterocycles. The van der Waals surface area contributed by atoms with Gasteiger partial charge in [0.15, 0.2) is 27.9 Å². The van der Waals surface area contributed by atoms with Crippen molar-refractivity contribution in [2.75, 3.05) is 31.5 Å². The molecule has 0 N–H and O–H groups in total. The van der Waals surface area contributed by atoms with Crippen LogP contribution in [0.5, 0.6) is 11.5 Å². The van der Waals surface area contributed by atoms with Crippen LogP contribution < -0.4 is 9.47 Å². The summed E-state index contributed by atoms with van der Waals surface area (Å²) in [6.45, 7) is 3.97. The van der Waals surface area contributed by atoms with Crippen molar-refractivity contribution in [2.24, 2.45) is 5.92 Å². The predicted molar refractivity (Wildman–Crippen MR) is 96.5 cm³/mol. The Morgan fingerprint density at radius 1 is 1.26 bits per heavy atom. The van der Waals surface area contributed by atoms with E-state index in [2.05, 4.69) is 0 Å². The van der Waals surface area contributed by atoms with Crippen LogP contribution in [-0.4, -0.2) is 62.7 Å². The molecular weight excluding hydrogens is 374 g/mol. The van der Waals surface area contributed by atoms with Gasteiger partial charge in [0.1, 0.15) is 0 Å². The number of esters is 1. The number of carbonyl (C=O) groups excluding carboxylic acids is 2. The van der Waals surface area contributed by atoms with Crippen LogP contribution in [0.2, 0.25) is 0 Å². The maximum absolute atomic E-state index is 12.6. The second kappa shape index (κ2) is 7.75. The second-order valence-corrected chi connectivity index (χ2v) is 9.37. The van der Waals surface area contributed by atoms with E-state index >= 15 is 0 Å². The minimum Gasteiger partial charge on any atom is -0.454 e. The molecule has 148 valence electrons. The number of benzene rings is 1. The minimum atomic E-state index is -3.12. The number of fused-ring (bicyclic) bond motifs is 1. The molecule has 0 spiro atoms. The zero-order valence-corrected chi connectivity index (χ0v) is 16.2. The molecule has 2 aliphatic rings. The molecule has 2 heterocycles. The fraction of sp³-hybridized carbons (Fsp3) is 0.556. The quantitative estimate of drug-likeness (QED) is 0.666. The van der Waals surface area contributed by atoms with Crippen LogP contribution in [0.4, 0.5) is 0 Å². The van der Waals surface area contributed by atoms with E-state index in [9.17, 15) is 18.0 Å². The van der Waals surface area contributed by atoms with Crippen molar-refractivity contribution < 1.29 is 32.2 Å². The van der Waals surface area contributed by atoms with Gasteiger partial charge < -0.3 is 19.1 Å². The second-order valence-electron chi connectivity index (χ2n) is 7.14. The Labute approximate surface area is 158 Å². The Bertz CT molecular complexity index is 834. The first kappa shape index (κ1) is 19.5. The largest absolute Gasteiger partial charge is 0.454 e. The van der Waals surface area contributed by atoms with Gasteiger partial charge >= 0.3 is 5.97 Å². The van der Waals surface area contributed by atoms with E-state index in [0.29, 0.717) is 24.5 Å². The van der Waals surface area contributed by atoms with Gasteiger partial charge in [0.25, 0.3) is 5.91 Å². The van der Waals surface area contributed by atoms with Gasteiger partial charge in [0.2, 0.25) is 6.79 Å². The topological polar surface area (TPSA) is 99.2 Å². The Hall–Kier alpha value is -2.29. The highest BCUT2D eigenvalue weighted by atomic mass is 32.2. The van der Waals surface area contributed by atoms with Crippen molar-refractivity contribution in [1.82, 2.24) is 4.90 Å². The summed E-state index contributed by atoms with van der Waals surface area (Å²) in [5, 5.41) is 0. The third-order valence-corrected chi connectivity index (χ3v) is 6.22. The van der Waals surface area contributed by atoms with E-state index in [-0.39, 0.29) is 41.7 Å². The number of sulfone groups is 1. The number of hydrogen-bond donors (Lipinski definition) is 0. The van der Waals surface area contributed by atoms with Gasteiger partial charge in [-0.2, -0.15) is 0 Å². The first-order chi connectivity index (χ1) is 12.7. The zero-order valence-electron chi connectivity index (χ0n) is 15.3. The molecule has 0 aromatic heterocycles. The highest BCUT2D eigenvalue weighted by molar-refractivity contribution is 7.91. The summed E-state index contributed by atoms with van der Waals surface area (Å²) in [6.07, 6.45) is 0.414. The molecule has 27 heavy (non-hydrogen) atoms. The van der Waals surface area contributed by atoms with Gasteiger partial charge in [-0.3, -0.25) is 4.79 Å². The molecule has 8 nitrogen and oxygen atoms in total. The number of carbonyl (C=O) groups is 2. The summed E-state index contributed by atoms with van der Waals surface area (Å²) in [5.41, 5.74) is 0.255. The molecule has 1 atom stereocenters. The number of ether oxygens (including phenoxy) is 3. The smallest absolute Gasteiger partial charge is 0.338 e. The van der Waals surface area contributed by atoms with Crippen LogP contribution in [0.1, 0.15) is 30.6 Å². The average Bonchev–Trinajstić information content (AvgIpc) is 3.22. The highest BCUT2D eigenvalue weighted by Gasteiger charge is 2.35. The normalized spacial score (nSPS) is 19.9. The standard InChI is InChI=1S/C18H23NO7S/c1-12(2)8-19(14-5-6-27(22,23)10-14)17(20)9-24-18(21)13-3-4-15-16(7-13)26-11-25-15/h3-4,7,12,14H,5-6,8-11H2,1-2H3/t14-/m1/s1. The predicted octanol–water partition coefficient (Wildman–Crippen LogP) is 1.24. The lowest BCUT2D eigenvalue weighted by atomic mass is 10.1. The van der Waals surface area contributed by atoms with Crippen LogP contribution in [-0.2, 0) is 19.4 Å². The Morgan fingerprint density at radius 2 is 2.00 bits per heavy atom. The maximum atomic E-state index is 12.6. The molecule has 9 heteroatoms. The number of hydrogen-bond acceptors (Lipinski definition) is 7. The molecular formula is C18H23NO7S. The third kappa shape index (κ3) is 4.71. The van der Waals surface area contributed by atoms with Crippen molar-refractivity contribution in [1.29, 1.82) is 0 Å². The van der Waals surface area contributed by atoms with Crippen molar-refractivity contribution in [3.8, 4) is 11.5 Å². The van der Waals surface area contributed by atoms with Gasteiger partial charge in [0.05, 0.1) is 17.1 Å². The number of nitrogens with zero attached hydrogens (tertiary/aromatic N) is 1. The fourth-order valence-corrected chi connectivity index (χ4v) is 4.92.